The molecule has 0 aromatic carbocycles. The first-order valence-electron chi connectivity index (χ1n) is 2.57. The van der Waals surface area contributed by atoms with Gasteiger partial charge in [-0.1, -0.05) is 6.58 Å². The van der Waals surface area contributed by atoms with Crippen LogP contribution in [0.3, 0.4) is 0 Å². The van der Waals surface area contributed by atoms with Gasteiger partial charge in [-0.2, -0.15) is 0 Å². The monoisotopic (exact) mass is 143 g/mol. The summed E-state index contributed by atoms with van der Waals surface area (Å²) in [4.78, 5) is 9.98. The average Bonchev–Trinajstić information content (AvgIpc) is 1.85. The summed E-state index contributed by atoms with van der Waals surface area (Å²) in [6.45, 7) is 3.44. The maximum atomic E-state index is 9.98. The zero-order valence-corrected chi connectivity index (χ0v) is 5.41. The number of nitrogens with two attached hydrogens (primary N) is 1. The van der Waals surface area contributed by atoms with Gasteiger partial charge in [0.05, 0.1) is 6.26 Å². The van der Waals surface area contributed by atoms with Gasteiger partial charge in [-0.05, 0) is 11.6 Å². The highest BCUT2D eigenvalue weighted by Crippen LogP contribution is 1.91. The third kappa shape index (κ3) is 4.70. The fraction of sp³-hybridized carbons (Fsp3) is 0.167. The Balaban J connectivity index is 3.50. The predicted molar refractivity (Wildman–Crippen MR) is 36.4 cm³/mol. The molecule has 0 aromatic rings. The van der Waals surface area contributed by atoms with Crippen LogP contribution >= 0.6 is 0 Å². The van der Waals surface area contributed by atoms with Crippen LogP contribution in [0.2, 0.25) is 0 Å². The number of amides is 1. The van der Waals surface area contributed by atoms with Crippen molar-refractivity contribution in [1.82, 2.24) is 0 Å². The maximum Gasteiger partial charge on any atom is 0.404 e. The van der Waals surface area contributed by atoms with Crippen molar-refractivity contribution < 1.29 is 14.6 Å². The highest BCUT2D eigenvalue weighted by atomic mass is 16.5. The standard InChI is InChI=1S/C6H9NO3/c1-5(2-3-8)4-10-6(7)9/h2-3,8H,1,4H2,(H2,7,9)/b3-2+. The molecule has 0 fully saturated rings. The molecule has 0 radical (unpaired) electrons. The van der Waals surface area contributed by atoms with Gasteiger partial charge in [0.25, 0.3) is 0 Å². The molecule has 0 aliphatic rings. The zero-order chi connectivity index (χ0) is 7.98. The Labute approximate surface area is 58.6 Å². The van der Waals surface area contributed by atoms with Crippen molar-refractivity contribution in [2.24, 2.45) is 5.73 Å². The molecule has 10 heavy (non-hydrogen) atoms. The predicted octanol–water partition coefficient (Wildman–Crippen LogP) is 0.710. The molecule has 0 atom stereocenters. The van der Waals surface area contributed by atoms with Crippen LogP contribution in [-0.4, -0.2) is 17.8 Å². The first kappa shape index (κ1) is 8.55. The van der Waals surface area contributed by atoms with Crippen molar-refractivity contribution in [3.8, 4) is 0 Å². The van der Waals surface area contributed by atoms with Crippen molar-refractivity contribution in [2.45, 2.75) is 0 Å². The van der Waals surface area contributed by atoms with Gasteiger partial charge in [-0.15, -0.1) is 0 Å². The van der Waals surface area contributed by atoms with E-state index in [1.165, 1.54) is 6.08 Å². The molecular weight excluding hydrogens is 134 g/mol. The highest BCUT2D eigenvalue weighted by molar-refractivity contribution is 5.64. The fourth-order valence-corrected chi connectivity index (χ4v) is 0.317. The topological polar surface area (TPSA) is 72.6 Å². The van der Waals surface area contributed by atoms with Gasteiger partial charge < -0.3 is 15.6 Å². The summed E-state index contributed by atoms with van der Waals surface area (Å²) in [7, 11) is 0. The highest BCUT2D eigenvalue weighted by Gasteiger charge is 1.92. The van der Waals surface area contributed by atoms with Crippen LogP contribution in [0.5, 0.6) is 0 Å². The van der Waals surface area contributed by atoms with Gasteiger partial charge in [-0.3, -0.25) is 0 Å². The summed E-state index contributed by atoms with van der Waals surface area (Å²) in [5.74, 6) is 0. The SMILES string of the molecule is C=C(/C=C/O)COC(N)=O. The second-order valence-electron chi connectivity index (χ2n) is 1.58. The Bertz CT molecular complexity index is 162. The molecule has 56 valence electrons. The van der Waals surface area contributed by atoms with Crippen LogP contribution in [0.1, 0.15) is 0 Å². The molecule has 0 heterocycles. The Morgan fingerprint density at radius 1 is 1.80 bits per heavy atom. The number of hydrogen-bond acceptors (Lipinski definition) is 3. The molecule has 0 unspecified atom stereocenters. The van der Waals surface area contributed by atoms with Crippen LogP contribution in [0, 0.1) is 0 Å². The van der Waals surface area contributed by atoms with E-state index in [1.807, 2.05) is 0 Å². The van der Waals surface area contributed by atoms with Crippen molar-refractivity contribution in [3.05, 3.63) is 24.5 Å². The van der Waals surface area contributed by atoms with E-state index in [9.17, 15) is 4.79 Å². The third-order valence-corrected chi connectivity index (χ3v) is 0.710. The lowest BCUT2D eigenvalue weighted by atomic mass is 10.3. The lowest BCUT2D eigenvalue weighted by molar-refractivity contribution is 0.167. The normalized spacial score (nSPS) is 9.60. The van der Waals surface area contributed by atoms with E-state index >= 15 is 0 Å². The number of carbonyl (C=O) groups excluding carboxylic acids is 1. The largest absolute Gasteiger partial charge is 0.516 e. The minimum Gasteiger partial charge on any atom is -0.516 e. The number of rotatable bonds is 3. The van der Waals surface area contributed by atoms with Crippen molar-refractivity contribution in [3.63, 3.8) is 0 Å². The fourth-order valence-electron chi connectivity index (χ4n) is 0.317. The van der Waals surface area contributed by atoms with Crippen LogP contribution < -0.4 is 5.73 Å². The van der Waals surface area contributed by atoms with E-state index in [-0.39, 0.29) is 6.61 Å². The first-order chi connectivity index (χ1) is 4.66. The molecule has 0 aromatic heterocycles. The van der Waals surface area contributed by atoms with Crippen LogP contribution in [0.4, 0.5) is 4.79 Å². The number of carbonyl (C=O) groups is 1. The van der Waals surface area contributed by atoms with Gasteiger partial charge in [0, 0.05) is 0 Å². The van der Waals surface area contributed by atoms with Crippen LogP contribution in [-0.2, 0) is 4.74 Å². The Kier molecular flexibility index (Phi) is 3.79. The first-order valence-corrected chi connectivity index (χ1v) is 2.57. The lowest BCUT2D eigenvalue weighted by Crippen LogP contribution is -2.13. The van der Waals surface area contributed by atoms with E-state index in [4.69, 9.17) is 5.11 Å². The molecule has 0 aliphatic heterocycles. The smallest absolute Gasteiger partial charge is 0.404 e. The van der Waals surface area contributed by atoms with Crippen molar-refractivity contribution in [2.75, 3.05) is 6.61 Å². The molecule has 0 aliphatic carbocycles. The minimum atomic E-state index is -0.854. The number of primary amides is 1. The maximum absolute atomic E-state index is 9.98. The summed E-state index contributed by atoms with van der Waals surface area (Å²) in [5.41, 5.74) is 5.12. The Morgan fingerprint density at radius 2 is 2.40 bits per heavy atom. The number of aliphatic hydroxyl groups is 1. The van der Waals surface area contributed by atoms with Gasteiger partial charge in [0.1, 0.15) is 6.61 Å². The molecule has 4 nitrogen and oxygen atoms in total. The van der Waals surface area contributed by atoms with Crippen LogP contribution in [0.15, 0.2) is 24.5 Å². The lowest BCUT2D eigenvalue weighted by Gasteiger charge is -1.98. The Hall–Kier alpha value is -1.45. The van der Waals surface area contributed by atoms with E-state index in [2.05, 4.69) is 17.0 Å². The second kappa shape index (κ2) is 4.43. The van der Waals surface area contributed by atoms with E-state index in [0.29, 0.717) is 5.57 Å². The van der Waals surface area contributed by atoms with E-state index in [1.54, 1.807) is 0 Å². The van der Waals surface area contributed by atoms with Gasteiger partial charge in [0.15, 0.2) is 0 Å². The summed E-state index contributed by atoms with van der Waals surface area (Å²) in [6, 6.07) is 0. The molecule has 0 saturated carbocycles. The van der Waals surface area contributed by atoms with Gasteiger partial charge in [-0.25, -0.2) is 4.79 Å². The van der Waals surface area contributed by atoms with Crippen molar-refractivity contribution >= 4 is 6.09 Å². The molecule has 4 heteroatoms. The summed E-state index contributed by atoms with van der Waals surface area (Å²) in [5, 5.41) is 8.19. The minimum absolute atomic E-state index is 0.00634. The van der Waals surface area contributed by atoms with E-state index in [0.717, 1.165) is 6.26 Å². The number of aliphatic hydroxyl groups excluding tert-OH is 1. The molecule has 0 bridgehead atoms. The molecule has 0 saturated heterocycles. The molecule has 1 amide bonds. The van der Waals surface area contributed by atoms with Crippen molar-refractivity contribution in [1.29, 1.82) is 0 Å². The summed E-state index contributed by atoms with van der Waals surface area (Å²) < 4.78 is 4.33. The van der Waals surface area contributed by atoms with Gasteiger partial charge in [0.2, 0.25) is 0 Å². The third-order valence-electron chi connectivity index (χ3n) is 0.710. The molecule has 0 rings (SSSR count). The Morgan fingerprint density at radius 3 is 2.80 bits per heavy atom. The molecule has 0 spiro atoms. The summed E-state index contributed by atoms with van der Waals surface area (Å²) in [6.07, 6.45) is 1.27. The molecular formula is C6H9NO3. The summed E-state index contributed by atoms with van der Waals surface area (Å²) >= 11 is 0. The quantitative estimate of drug-likeness (QED) is 0.451. The average molecular weight is 143 g/mol. The number of ether oxygens (including phenoxy) is 1. The van der Waals surface area contributed by atoms with E-state index < -0.39 is 6.09 Å². The second-order valence-corrected chi connectivity index (χ2v) is 1.58. The number of hydrogen-bond donors (Lipinski definition) is 2. The zero-order valence-electron chi connectivity index (χ0n) is 5.41. The molecule has 3 N–H and O–H groups in total. The van der Waals surface area contributed by atoms with Gasteiger partial charge >= 0.3 is 6.09 Å². The van der Waals surface area contributed by atoms with Crippen LogP contribution in [0.25, 0.3) is 0 Å².